The molecule has 0 aromatic heterocycles. The van der Waals surface area contributed by atoms with Crippen molar-refractivity contribution < 1.29 is 27.4 Å². The van der Waals surface area contributed by atoms with E-state index in [1.165, 1.54) is 24.6 Å². The number of methoxy groups -OCH3 is 2. The van der Waals surface area contributed by atoms with Crippen LogP contribution in [0.25, 0.3) is 0 Å². The fourth-order valence-electron chi connectivity index (χ4n) is 3.65. The Kier molecular flexibility index (Phi) is 7.98. The van der Waals surface area contributed by atoms with Gasteiger partial charge in [-0.25, -0.2) is 8.42 Å². The van der Waals surface area contributed by atoms with Gasteiger partial charge in [-0.15, -0.1) is 0 Å². The number of hydrogen-bond donors (Lipinski definition) is 1. The molecular weight excluding hydrogens is 432 g/mol. The van der Waals surface area contributed by atoms with E-state index in [4.69, 9.17) is 14.2 Å². The van der Waals surface area contributed by atoms with Gasteiger partial charge < -0.3 is 19.5 Å². The van der Waals surface area contributed by atoms with E-state index in [9.17, 15) is 13.2 Å². The first kappa shape index (κ1) is 23.9. The number of nitrogens with one attached hydrogen (secondary N) is 1. The minimum atomic E-state index is -3.60. The number of anilines is 1. The molecule has 0 aliphatic carbocycles. The van der Waals surface area contributed by atoms with Gasteiger partial charge in [0, 0.05) is 18.8 Å². The van der Waals surface area contributed by atoms with Crippen molar-refractivity contribution in [1.29, 1.82) is 0 Å². The van der Waals surface area contributed by atoms with Crippen molar-refractivity contribution in [2.75, 3.05) is 39.2 Å². The Morgan fingerprint density at radius 3 is 2.22 bits per heavy atom. The average molecular weight is 463 g/mol. The second-order valence-corrected chi connectivity index (χ2v) is 9.62. The van der Waals surface area contributed by atoms with E-state index < -0.39 is 15.9 Å². The van der Waals surface area contributed by atoms with Crippen molar-refractivity contribution in [2.24, 2.45) is 0 Å². The van der Waals surface area contributed by atoms with Crippen LogP contribution in [-0.2, 0) is 14.8 Å². The van der Waals surface area contributed by atoms with E-state index in [0.29, 0.717) is 36.0 Å². The summed E-state index contributed by atoms with van der Waals surface area (Å²) in [6, 6.07) is 9.86. The highest BCUT2D eigenvalue weighted by Crippen LogP contribution is 2.38. The number of hydrogen-bond acceptors (Lipinski definition) is 6. The Morgan fingerprint density at radius 2 is 1.62 bits per heavy atom. The van der Waals surface area contributed by atoms with E-state index in [1.807, 2.05) is 6.92 Å². The van der Waals surface area contributed by atoms with E-state index in [-0.39, 0.29) is 11.5 Å². The molecule has 2 aromatic carbocycles. The SMILES string of the molecule is COc1cc(C)cc(OC)c1OCC(=O)Nc1cccc(S(=O)(=O)N2CCCCCC2)c1. The second kappa shape index (κ2) is 10.7. The maximum atomic E-state index is 13.0. The van der Waals surface area contributed by atoms with Crippen molar-refractivity contribution in [2.45, 2.75) is 37.5 Å². The van der Waals surface area contributed by atoms with Crippen LogP contribution in [0.15, 0.2) is 41.3 Å². The molecule has 32 heavy (non-hydrogen) atoms. The highest BCUT2D eigenvalue weighted by atomic mass is 32.2. The average Bonchev–Trinajstić information content (AvgIpc) is 3.08. The molecule has 1 amide bonds. The first-order valence-electron chi connectivity index (χ1n) is 10.6. The Hall–Kier alpha value is -2.78. The highest BCUT2D eigenvalue weighted by Gasteiger charge is 2.25. The maximum absolute atomic E-state index is 13.0. The molecule has 1 aliphatic rings. The summed E-state index contributed by atoms with van der Waals surface area (Å²) in [5.41, 5.74) is 1.32. The zero-order valence-corrected chi connectivity index (χ0v) is 19.5. The Morgan fingerprint density at radius 1 is 1.00 bits per heavy atom. The molecule has 0 radical (unpaired) electrons. The van der Waals surface area contributed by atoms with Crippen LogP contribution in [0.3, 0.4) is 0 Å². The van der Waals surface area contributed by atoms with Crippen LogP contribution >= 0.6 is 0 Å². The fraction of sp³-hybridized carbons (Fsp3) is 0.435. The minimum Gasteiger partial charge on any atom is -0.493 e. The van der Waals surface area contributed by atoms with Gasteiger partial charge in [0.15, 0.2) is 18.1 Å². The summed E-state index contributed by atoms with van der Waals surface area (Å²) < 4.78 is 43.9. The zero-order valence-electron chi connectivity index (χ0n) is 18.7. The lowest BCUT2D eigenvalue weighted by atomic mass is 10.2. The molecule has 1 N–H and O–H groups in total. The first-order chi connectivity index (χ1) is 15.3. The lowest BCUT2D eigenvalue weighted by Crippen LogP contribution is -2.32. The van der Waals surface area contributed by atoms with E-state index in [1.54, 1.807) is 30.3 Å². The van der Waals surface area contributed by atoms with Crippen LogP contribution in [0, 0.1) is 6.92 Å². The fourth-order valence-corrected chi connectivity index (χ4v) is 5.22. The van der Waals surface area contributed by atoms with Crippen molar-refractivity contribution in [3.05, 3.63) is 42.0 Å². The third kappa shape index (κ3) is 5.72. The van der Waals surface area contributed by atoms with Gasteiger partial charge in [-0.3, -0.25) is 4.79 Å². The van der Waals surface area contributed by atoms with Crippen molar-refractivity contribution in [1.82, 2.24) is 4.31 Å². The molecule has 8 nitrogen and oxygen atoms in total. The number of nitrogens with zero attached hydrogens (tertiary/aromatic N) is 1. The lowest BCUT2D eigenvalue weighted by Gasteiger charge is -2.20. The third-order valence-corrected chi connectivity index (χ3v) is 7.17. The van der Waals surface area contributed by atoms with Gasteiger partial charge in [0.2, 0.25) is 15.8 Å². The molecule has 0 unspecified atom stereocenters. The van der Waals surface area contributed by atoms with Gasteiger partial charge in [0.25, 0.3) is 5.91 Å². The predicted octanol–water partition coefficient (Wildman–Crippen LogP) is 3.59. The monoisotopic (exact) mass is 462 g/mol. The first-order valence-corrected chi connectivity index (χ1v) is 12.0. The summed E-state index contributed by atoms with van der Waals surface area (Å²) >= 11 is 0. The number of carbonyl (C=O) groups excluding carboxylic acids is 1. The van der Waals surface area contributed by atoms with E-state index >= 15 is 0 Å². The van der Waals surface area contributed by atoms with E-state index in [0.717, 1.165) is 31.2 Å². The molecule has 0 saturated carbocycles. The smallest absolute Gasteiger partial charge is 0.262 e. The number of ether oxygens (including phenoxy) is 3. The van der Waals surface area contributed by atoms with Crippen molar-refractivity contribution >= 4 is 21.6 Å². The summed E-state index contributed by atoms with van der Waals surface area (Å²) in [6.45, 7) is 2.65. The molecular formula is C23H30N2O6S. The van der Waals surface area contributed by atoms with Gasteiger partial charge in [-0.05, 0) is 55.7 Å². The van der Waals surface area contributed by atoms with Gasteiger partial charge in [-0.1, -0.05) is 18.9 Å². The predicted molar refractivity (Wildman–Crippen MR) is 122 cm³/mol. The van der Waals surface area contributed by atoms with Crippen LogP contribution in [0.5, 0.6) is 17.2 Å². The molecule has 0 atom stereocenters. The highest BCUT2D eigenvalue weighted by molar-refractivity contribution is 7.89. The van der Waals surface area contributed by atoms with Crippen LogP contribution in [0.4, 0.5) is 5.69 Å². The van der Waals surface area contributed by atoms with Crippen molar-refractivity contribution in [3.63, 3.8) is 0 Å². The maximum Gasteiger partial charge on any atom is 0.262 e. The number of aryl methyl sites for hydroxylation is 1. The number of amides is 1. The Labute approximate surface area is 189 Å². The standard InChI is InChI=1S/C23H30N2O6S/c1-17-13-20(29-2)23(21(14-17)30-3)31-16-22(26)24-18-9-8-10-19(15-18)32(27,28)25-11-6-4-5-7-12-25/h8-10,13-15H,4-7,11-12,16H2,1-3H3,(H,24,26). The number of carbonyl (C=O) groups is 1. The second-order valence-electron chi connectivity index (χ2n) is 7.68. The quantitative estimate of drug-likeness (QED) is 0.644. The minimum absolute atomic E-state index is 0.167. The molecule has 0 spiro atoms. The van der Waals surface area contributed by atoms with Gasteiger partial charge in [0.05, 0.1) is 19.1 Å². The molecule has 9 heteroatoms. The molecule has 1 aliphatic heterocycles. The molecule has 174 valence electrons. The van der Waals surface area contributed by atoms with Crippen molar-refractivity contribution in [3.8, 4) is 17.2 Å². The summed E-state index contributed by atoms with van der Waals surface area (Å²) in [7, 11) is -0.581. The molecule has 1 heterocycles. The molecule has 2 aromatic rings. The third-order valence-electron chi connectivity index (χ3n) is 5.27. The van der Waals surface area contributed by atoms with Gasteiger partial charge in [-0.2, -0.15) is 4.31 Å². The van der Waals surface area contributed by atoms with Gasteiger partial charge in [0.1, 0.15) is 0 Å². The summed E-state index contributed by atoms with van der Waals surface area (Å²) in [5, 5.41) is 2.70. The molecule has 3 rings (SSSR count). The zero-order chi connectivity index (χ0) is 23.1. The largest absolute Gasteiger partial charge is 0.493 e. The number of rotatable bonds is 8. The Bertz CT molecular complexity index is 1020. The molecule has 0 bridgehead atoms. The summed E-state index contributed by atoms with van der Waals surface area (Å²) in [4.78, 5) is 12.6. The summed E-state index contributed by atoms with van der Waals surface area (Å²) in [5.74, 6) is 0.813. The van der Waals surface area contributed by atoms with Gasteiger partial charge >= 0.3 is 0 Å². The molecule has 1 saturated heterocycles. The number of sulfonamides is 1. The summed E-state index contributed by atoms with van der Waals surface area (Å²) in [6.07, 6.45) is 3.80. The van der Waals surface area contributed by atoms with Crippen LogP contribution in [0.2, 0.25) is 0 Å². The van der Waals surface area contributed by atoms with Crippen LogP contribution in [-0.4, -0.2) is 52.5 Å². The normalized spacial score (nSPS) is 15.0. The lowest BCUT2D eigenvalue weighted by molar-refractivity contribution is -0.118. The topological polar surface area (TPSA) is 94.2 Å². The number of benzene rings is 2. The molecule has 1 fully saturated rings. The van der Waals surface area contributed by atoms with Crippen LogP contribution in [0.1, 0.15) is 31.2 Å². The van der Waals surface area contributed by atoms with E-state index in [2.05, 4.69) is 5.32 Å². The van der Waals surface area contributed by atoms with Crippen LogP contribution < -0.4 is 19.5 Å². The Balaban J connectivity index is 1.69.